The summed E-state index contributed by atoms with van der Waals surface area (Å²) in [4.78, 5) is 26.4. The van der Waals surface area contributed by atoms with Crippen LogP contribution in [0.15, 0.2) is 15.8 Å². The predicted octanol–water partition coefficient (Wildman–Crippen LogP) is 1.82. The fraction of sp³-hybridized carbons (Fsp3) is 0.643. The summed E-state index contributed by atoms with van der Waals surface area (Å²) in [5.74, 6) is 0.791. The third-order valence-electron chi connectivity index (χ3n) is 3.78. The molecule has 3 N–H and O–H groups in total. The highest BCUT2D eigenvalue weighted by atomic mass is 79.9. The number of halogens is 1. The molecule has 2 unspecified atom stereocenters. The van der Waals surface area contributed by atoms with Gasteiger partial charge in [0.15, 0.2) is 0 Å². The monoisotopic (exact) mass is 371 g/mol. The molecule has 0 bridgehead atoms. The van der Waals surface area contributed by atoms with Gasteiger partial charge in [0.25, 0.3) is 6.02 Å². The van der Waals surface area contributed by atoms with Gasteiger partial charge in [-0.3, -0.25) is 4.79 Å². The first kappa shape index (κ1) is 16.8. The standard InChI is InChI=1S/C14H22BrN5O2/c1-8(2)11(19-14(16)22-3)13(21)20-6-4-5-9(20)12-17-7-10(15)18-12/h7-9,11H,4-6H2,1-3H3,(H2,16,19)(H,17,18). The third kappa shape index (κ3) is 3.60. The average molecular weight is 372 g/mol. The zero-order valence-corrected chi connectivity index (χ0v) is 14.6. The van der Waals surface area contributed by atoms with E-state index in [1.54, 1.807) is 6.20 Å². The number of ether oxygens (including phenoxy) is 1. The van der Waals surface area contributed by atoms with Crippen LogP contribution in [0.2, 0.25) is 0 Å². The largest absolute Gasteiger partial charge is 0.469 e. The Bertz CT molecular complexity index is 557. The van der Waals surface area contributed by atoms with E-state index in [0.29, 0.717) is 6.54 Å². The summed E-state index contributed by atoms with van der Waals surface area (Å²) in [5, 5.41) is 0. The van der Waals surface area contributed by atoms with Gasteiger partial charge in [-0.1, -0.05) is 13.8 Å². The van der Waals surface area contributed by atoms with Gasteiger partial charge in [0.05, 0.1) is 19.3 Å². The average Bonchev–Trinajstić information content (AvgIpc) is 3.11. The van der Waals surface area contributed by atoms with Crippen molar-refractivity contribution < 1.29 is 9.53 Å². The molecule has 0 spiro atoms. The van der Waals surface area contributed by atoms with Crippen molar-refractivity contribution in [3.63, 3.8) is 0 Å². The van der Waals surface area contributed by atoms with Crippen molar-refractivity contribution in [3.05, 3.63) is 16.6 Å². The molecule has 22 heavy (non-hydrogen) atoms. The number of nitrogens with one attached hydrogen (secondary N) is 1. The lowest BCUT2D eigenvalue weighted by Gasteiger charge is -2.27. The van der Waals surface area contributed by atoms with Crippen molar-refractivity contribution in [1.29, 1.82) is 0 Å². The molecule has 0 saturated carbocycles. The van der Waals surface area contributed by atoms with Crippen LogP contribution in [0.1, 0.15) is 38.6 Å². The fourth-order valence-corrected chi connectivity index (χ4v) is 2.95. The van der Waals surface area contributed by atoms with Gasteiger partial charge in [-0.2, -0.15) is 0 Å². The number of hydrogen-bond acceptors (Lipinski definition) is 4. The minimum Gasteiger partial charge on any atom is -0.469 e. The molecule has 1 aliphatic rings. The van der Waals surface area contributed by atoms with Gasteiger partial charge >= 0.3 is 0 Å². The second-order valence-corrected chi connectivity index (χ2v) is 6.52. The van der Waals surface area contributed by atoms with Gasteiger partial charge in [-0.25, -0.2) is 9.98 Å². The van der Waals surface area contributed by atoms with Crippen molar-refractivity contribution in [1.82, 2.24) is 14.9 Å². The Hall–Kier alpha value is -1.57. The summed E-state index contributed by atoms with van der Waals surface area (Å²) in [6.07, 6.45) is 3.54. The molecule has 0 radical (unpaired) electrons. The molecule has 1 aromatic rings. The van der Waals surface area contributed by atoms with Crippen LogP contribution in [0, 0.1) is 5.92 Å². The topological polar surface area (TPSA) is 96.6 Å². The first-order valence-corrected chi connectivity index (χ1v) is 8.11. The van der Waals surface area contributed by atoms with E-state index in [4.69, 9.17) is 10.5 Å². The first-order chi connectivity index (χ1) is 10.4. The number of hydrogen-bond donors (Lipinski definition) is 2. The number of nitrogens with zero attached hydrogens (tertiary/aromatic N) is 3. The Morgan fingerprint density at radius 2 is 2.36 bits per heavy atom. The number of nitrogens with two attached hydrogens (primary N) is 1. The summed E-state index contributed by atoms with van der Waals surface area (Å²) < 4.78 is 5.70. The smallest absolute Gasteiger partial charge is 0.282 e. The Balaban J connectivity index is 2.22. The van der Waals surface area contributed by atoms with Gasteiger partial charge < -0.3 is 20.4 Å². The number of aliphatic imine (C=N–C) groups is 1. The summed E-state index contributed by atoms with van der Waals surface area (Å²) in [6, 6.07) is -0.554. The number of carbonyl (C=O) groups is 1. The zero-order chi connectivity index (χ0) is 16.3. The number of aromatic nitrogens is 2. The number of carbonyl (C=O) groups excluding carboxylic acids is 1. The normalized spacial score (nSPS) is 20.5. The molecule has 122 valence electrons. The van der Waals surface area contributed by atoms with Crippen molar-refractivity contribution in [2.24, 2.45) is 16.6 Å². The van der Waals surface area contributed by atoms with Crippen LogP contribution in [0.3, 0.4) is 0 Å². The van der Waals surface area contributed by atoms with E-state index < -0.39 is 6.04 Å². The van der Waals surface area contributed by atoms with Crippen LogP contribution in [0.4, 0.5) is 0 Å². The molecule has 7 nitrogen and oxygen atoms in total. The molecule has 8 heteroatoms. The molecule has 0 aromatic carbocycles. The summed E-state index contributed by atoms with van der Waals surface area (Å²) in [5.41, 5.74) is 5.63. The zero-order valence-electron chi connectivity index (χ0n) is 13.0. The lowest BCUT2D eigenvalue weighted by atomic mass is 10.0. The van der Waals surface area contributed by atoms with Crippen LogP contribution in [0.25, 0.3) is 0 Å². The quantitative estimate of drug-likeness (QED) is 0.622. The number of H-pyrrole nitrogens is 1. The lowest BCUT2D eigenvalue weighted by Crippen LogP contribution is -2.41. The van der Waals surface area contributed by atoms with Crippen molar-refractivity contribution >= 4 is 27.9 Å². The maximum atomic E-state index is 12.9. The molecule has 1 aromatic heterocycles. The highest BCUT2D eigenvalue weighted by molar-refractivity contribution is 9.10. The van der Waals surface area contributed by atoms with Crippen molar-refractivity contribution in [3.8, 4) is 0 Å². The Morgan fingerprint density at radius 3 is 2.91 bits per heavy atom. The number of imidazole rings is 1. The van der Waals surface area contributed by atoms with Crippen molar-refractivity contribution in [2.75, 3.05) is 13.7 Å². The third-order valence-corrected chi connectivity index (χ3v) is 4.18. The van der Waals surface area contributed by atoms with E-state index in [1.165, 1.54) is 7.11 Å². The maximum absolute atomic E-state index is 12.9. The van der Waals surface area contributed by atoms with E-state index in [2.05, 4.69) is 30.9 Å². The molecule has 2 rings (SSSR count). The molecule has 2 heterocycles. The Labute approximate surface area is 138 Å². The van der Waals surface area contributed by atoms with Gasteiger partial charge in [0, 0.05) is 6.54 Å². The number of amidine groups is 1. The van der Waals surface area contributed by atoms with E-state index in [0.717, 1.165) is 23.3 Å². The number of likely N-dealkylation sites (tertiary alicyclic amines) is 1. The van der Waals surface area contributed by atoms with E-state index >= 15 is 0 Å². The van der Waals surface area contributed by atoms with Crippen LogP contribution < -0.4 is 5.73 Å². The van der Waals surface area contributed by atoms with E-state index in [-0.39, 0.29) is 23.9 Å². The number of rotatable bonds is 4. The number of methoxy groups -OCH3 is 1. The predicted molar refractivity (Wildman–Crippen MR) is 87.2 cm³/mol. The molecule has 0 aliphatic carbocycles. The van der Waals surface area contributed by atoms with E-state index in [9.17, 15) is 4.79 Å². The number of amides is 1. The molecular weight excluding hydrogens is 350 g/mol. The highest BCUT2D eigenvalue weighted by Gasteiger charge is 2.36. The maximum Gasteiger partial charge on any atom is 0.282 e. The molecule has 1 saturated heterocycles. The Kier molecular flexibility index (Phi) is 5.44. The Morgan fingerprint density at radius 1 is 1.64 bits per heavy atom. The van der Waals surface area contributed by atoms with Crippen LogP contribution in [-0.4, -0.2) is 46.5 Å². The minimum atomic E-state index is -0.543. The summed E-state index contributed by atoms with van der Waals surface area (Å²) in [7, 11) is 1.44. The van der Waals surface area contributed by atoms with Gasteiger partial charge in [-0.05, 0) is 34.7 Å². The SMILES string of the molecule is COC(N)=NC(C(=O)N1CCCC1c1ncc(Br)[nH]1)C(C)C. The van der Waals surface area contributed by atoms with Crippen LogP contribution in [0.5, 0.6) is 0 Å². The summed E-state index contributed by atoms with van der Waals surface area (Å²) in [6.45, 7) is 4.60. The molecule has 1 fully saturated rings. The van der Waals surface area contributed by atoms with Crippen LogP contribution >= 0.6 is 15.9 Å². The molecule has 2 atom stereocenters. The van der Waals surface area contributed by atoms with Gasteiger partial charge in [0.2, 0.25) is 5.91 Å². The molecular formula is C14H22BrN5O2. The second kappa shape index (κ2) is 7.13. The van der Waals surface area contributed by atoms with Crippen LogP contribution in [-0.2, 0) is 9.53 Å². The number of aromatic amines is 1. The molecule has 1 aliphatic heterocycles. The highest BCUT2D eigenvalue weighted by Crippen LogP contribution is 2.32. The fourth-order valence-electron chi connectivity index (χ4n) is 2.65. The first-order valence-electron chi connectivity index (χ1n) is 7.32. The van der Waals surface area contributed by atoms with Gasteiger partial charge in [-0.15, -0.1) is 0 Å². The second-order valence-electron chi connectivity index (χ2n) is 5.67. The summed E-state index contributed by atoms with van der Waals surface area (Å²) >= 11 is 3.35. The minimum absolute atomic E-state index is 0.0311. The van der Waals surface area contributed by atoms with Crippen molar-refractivity contribution in [2.45, 2.75) is 38.8 Å². The lowest BCUT2D eigenvalue weighted by molar-refractivity contribution is -0.134. The molecule has 1 amide bonds. The van der Waals surface area contributed by atoms with E-state index in [1.807, 2.05) is 18.7 Å². The van der Waals surface area contributed by atoms with Gasteiger partial charge in [0.1, 0.15) is 16.5 Å².